The molecular formula is C14H16BrNO4. The topological polar surface area (TPSA) is 66.8 Å². The molecule has 1 N–H and O–H groups in total. The maximum Gasteiger partial charge on any atom is 0.308 e. The highest BCUT2D eigenvalue weighted by molar-refractivity contribution is 9.10. The zero-order valence-corrected chi connectivity index (χ0v) is 12.7. The molecule has 1 fully saturated rings. The van der Waals surface area contributed by atoms with Gasteiger partial charge in [0.2, 0.25) is 0 Å². The van der Waals surface area contributed by atoms with Crippen molar-refractivity contribution in [2.75, 3.05) is 13.2 Å². The largest absolute Gasteiger partial charge is 0.484 e. The summed E-state index contributed by atoms with van der Waals surface area (Å²) >= 11 is 3.32. The number of hydrogen-bond acceptors (Lipinski definition) is 3. The Balaban J connectivity index is 1.89. The standard InChI is InChI=1S/C14H16BrNO4/c1-9-12(14(18)19)6-7-16(9)13(17)8-20-11-4-2-10(15)3-5-11/h2-5,9,12H,6-8H2,1H3,(H,18,19). The summed E-state index contributed by atoms with van der Waals surface area (Å²) in [6.07, 6.45) is 0.501. The molecule has 2 rings (SSSR count). The first kappa shape index (κ1) is 14.8. The van der Waals surface area contributed by atoms with E-state index in [1.54, 1.807) is 24.0 Å². The van der Waals surface area contributed by atoms with Crippen molar-refractivity contribution < 1.29 is 19.4 Å². The lowest BCUT2D eigenvalue weighted by molar-refractivity contribution is -0.143. The number of carboxylic acid groups (broad SMARTS) is 1. The van der Waals surface area contributed by atoms with Gasteiger partial charge in [0, 0.05) is 17.1 Å². The third-order valence-corrected chi connectivity index (χ3v) is 4.10. The van der Waals surface area contributed by atoms with Gasteiger partial charge in [0.15, 0.2) is 6.61 Å². The number of nitrogens with zero attached hydrogens (tertiary/aromatic N) is 1. The fourth-order valence-electron chi connectivity index (χ4n) is 2.38. The summed E-state index contributed by atoms with van der Waals surface area (Å²) in [5.41, 5.74) is 0. The van der Waals surface area contributed by atoms with Crippen LogP contribution in [0.2, 0.25) is 0 Å². The van der Waals surface area contributed by atoms with Crippen molar-refractivity contribution in [3.05, 3.63) is 28.7 Å². The number of carbonyl (C=O) groups is 2. The summed E-state index contributed by atoms with van der Waals surface area (Å²) in [5, 5.41) is 9.04. The molecule has 1 aromatic carbocycles. The van der Waals surface area contributed by atoms with E-state index in [1.807, 2.05) is 12.1 Å². The predicted molar refractivity (Wildman–Crippen MR) is 76.6 cm³/mol. The van der Waals surface area contributed by atoms with E-state index in [0.717, 1.165) is 4.47 Å². The first-order chi connectivity index (χ1) is 9.49. The van der Waals surface area contributed by atoms with Crippen LogP contribution in [-0.2, 0) is 9.59 Å². The summed E-state index contributed by atoms with van der Waals surface area (Å²) < 4.78 is 6.36. The van der Waals surface area contributed by atoms with Crippen LogP contribution in [-0.4, -0.2) is 41.1 Å². The highest BCUT2D eigenvalue weighted by atomic mass is 79.9. The van der Waals surface area contributed by atoms with Gasteiger partial charge in [-0.15, -0.1) is 0 Å². The number of ether oxygens (including phenoxy) is 1. The Morgan fingerprint density at radius 1 is 1.40 bits per heavy atom. The number of carboxylic acids is 1. The van der Waals surface area contributed by atoms with Gasteiger partial charge in [-0.3, -0.25) is 9.59 Å². The second kappa shape index (κ2) is 6.26. The van der Waals surface area contributed by atoms with Crippen LogP contribution in [0.4, 0.5) is 0 Å². The Hall–Kier alpha value is -1.56. The van der Waals surface area contributed by atoms with Crippen molar-refractivity contribution in [2.45, 2.75) is 19.4 Å². The first-order valence-corrected chi connectivity index (χ1v) is 7.19. The molecule has 0 bridgehead atoms. The number of amides is 1. The number of halogens is 1. The fourth-order valence-corrected chi connectivity index (χ4v) is 2.64. The first-order valence-electron chi connectivity index (χ1n) is 6.39. The molecule has 1 heterocycles. The van der Waals surface area contributed by atoms with Gasteiger partial charge < -0.3 is 14.7 Å². The average Bonchev–Trinajstić information content (AvgIpc) is 2.80. The number of benzene rings is 1. The fraction of sp³-hybridized carbons (Fsp3) is 0.429. The molecule has 1 saturated heterocycles. The van der Waals surface area contributed by atoms with Crippen LogP contribution in [0.3, 0.4) is 0 Å². The van der Waals surface area contributed by atoms with Crippen molar-refractivity contribution in [1.82, 2.24) is 4.90 Å². The molecule has 1 aliphatic rings. The van der Waals surface area contributed by atoms with Crippen LogP contribution in [0.5, 0.6) is 5.75 Å². The Morgan fingerprint density at radius 2 is 2.05 bits per heavy atom. The molecule has 2 atom stereocenters. The molecule has 5 nitrogen and oxygen atoms in total. The molecule has 0 saturated carbocycles. The Kier molecular flexibility index (Phi) is 4.65. The summed E-state index contributed by atoms with van der Waals surface area (Å²) in [5.74, 6) is -0.888. The molecule has 0 aliphatic carbocycles. The zero-order valence-electron chi connectivity index (χ0n) is 11.1. The van der Waals surface area contributed by atoms with E-state index in [0.29, 0.717) is 18.7 Å². The van der Waals surface area contributed by atoms with E-state index in [2.05, 4.69) is 15.9 Å². The molecule has 108 valence electrons. The normalized spacial score (nSPS) is 21.8. The lowest BCUT2D eigenvalue weighted by Crippen LogP contribution is -2.40. The number of hydrogen-bond donors (Lipinski definition) is 1. The Morgan fingerprint density at radius 3 is 2.60 bits per heavy atom. The van der Waals surface area contributed by atoms with Gasteiger partial charge in [0.05, 0.1) is 5.92 Å². The number of carbonyl (C=O) groups excluding carboxylic acids is 1. The minimum atomic E-state index is -0.846. The van der Waals surface area contributed by atoms with Gasteiger partial charge in [0.1, 0.15) is 5.75 Å². The number of aliphatic carboxylic acids is 1. The van der Waals surface area contributed by atoms with Crippen molar-refractivity contribution in [1.29, 1.82) is 0 Å². The summed E-state index contributed by atoms with van der Waals surface area (Å²) in [6.45, 7) is 2.17. The summed E-state index contributed by atoms with van der Waals surface area (Å²) in [7, 11) is 0. The van der Waals surface area contributed by atoms with Gasteiger partial charge in [-0.05, 0) is 37.6 Å². The molecule has 1 amide bonds. The lowest BCUT2D eigenvalue weighted by atomic mass is 10.0. The third kappa shape index (κ3) is 3.30. The second-order valence-electron chi connectivity index (χ2n) is 4.80. The van der Waals surface area contributed by atoms with E-state index in [-0.39, 0.29) is 18.6 Å². The van der Waals surface area contributed by atoms with Gasteiger partial charge >= 0.3 is 5.97 Å². The molecule has 1 aliphatic heterocycles. The van der Waals surface area contributed by atoms with Crippen LogP contribution in [0.15, 0.2) is 28.7 Å². The van der Waals surface area contributed by atoms with E-state index in [9.17, 15) is 9.59 Å². The van der Waals surface area contributed by atoms with Crippen LogP contribution < -0.4 is 4.74 Å². The van der Waals surface area contributed by atoms with Gasteiger partial charge in [-0.1, -0.05) is 15.9 Å². The van der Waals surface area contributed by atoms with Crippen LogP contribution >= 0.6 is 15.9 Å². The van der Waals surface area contributed by atoms with Crippen LogP contribution in [0.25, 0.3) is 0 Å². The molecular weight excluding hydrogens is 326 g/mol. The van der Waals surface area contributed by atoms with E-state index in [1.165, 1.54) is 0 Å². The smallest absolute Gasteiger partial charge is 0.308 e. The van der Waals surface area contributed by atoms with E-state index < -0.39 is 11.9 Å². The van der Waals surface area contributed by atoms with E-state index >= 15 is 0 Å². The molecule has 1 aromatic rings. The van der Waals surface area contributed by atoms with Crippen molar-refractivity contribution >= 4 is 27.8 Å². The molecule has 20 heavy (non-hydrogen) atoms. The Labute approximate surface area is 125 Å². The highest BCUT2D eigenvalue weighted by Crippen LogP contribution is 2.24. The van der Waals surface area contributed by atoms with Gasteiger partial charge in [0.25, 0.3) is 5.91 Å². The van der Waals surface area contributed by atoms with Gasteiger partial charge in [-0.2, -0.15) is 0 Å². The highest BCUT2D eigenvalue weighted by Gasteiger charge is 2.38. The maximum atomic E-state index is 12.1. The summed E-state index contributed by atoms with van der Waals surface area (Å²) in [4.78, 5) is 24.7. The lowest BCUT2D eigenvalue weighted by Gasteiger charge is -2.23. The Bertz CT molecular complexity index is 502. The van der Waals surface area contributed by atoms with Crippen LogP contribution in [0, 0.1) is 5.92 Å². The van der Waals surface area contributed by atoms with Gasteiger partial charge in [-0.25, -0.2) is 0 Å². The maximum absolute atomic E-state index is 12.1. The minimum Gasteiger partial charge on any atom is -0.484 e. The van der Waals surface area contributed by atoms with E-state index in [4.69, 9.17) is 9.84 Å². The zero-order chi connectivity index (χ0) is 14.7. The van der Waals surface area contributed by atoms with Crippen molar-refractivity contribution in [2.24, 2.45) is 5.92 Å². The van der Waals surface area contributed by atoms with Crippen LogP contribution in [0.1, 0.15) is 13.3 Å². The quantitative estimate of drug-likeness (QED) is 0.911. The molecule has 0 spiro atoms. The predicted octanol–water partition coefficient (Wildman–Crippen LogP) is 2.15. The SMILES string of the molecule is CC1C(C(=O)O)CCN1C(=O)COc1ccc(Br)cc1. The number of likely N-dealkylation sites (tertiary alicyclic amines) is 1. The van der Waals surface area contributed by atoms with Crippen molar-refractivity contribution in [3.63, 3.8) is 0 Å². The molecule has 2 unspecified atom stereocenters. The summed E-state index contributed by atoms with van der Waals surface area (Å²) in [6, 6.07) is 6.92. The third-order valence-electron chi connectivity index (χ3n) is 3.57. The average molecular weight is 342 g/mol. The molecule has 0 aromatic heterocycles. The number of rotatable bonds is 4. The minimum absolute atomic E-state index is 0.0711. The molecule has 6 heteroatoms. The monoisotopic (exact) mass is 341 g/mol. The molecule has 0 radical (unpaired) electrons. The van der Waals surface area contributed by atoms with Crippen molar-refractivity contribution in [3.8, 4) is 5.75 Å². The second-order valence-corrected chi connectivity index (χ2v) is 5.72.